The van der Waals surface area contributed by atoms with Gasteiger partial charge in [0.1, 0.15) is 5.82 Å². The SMILES string of the molecule is CC(C)OCCCNC(=O)CCCCCNc1nc(=S)[nH]c2ccccc12. The smallest absolute Gasteiger partial charge is 0.219 e. The van der Waals surface area contributed by atoms with Gasteiger partial charge in [-0.05, 0) is 57.5 Å². The molecule has 1 amide bonds. The Morgan fingerprint density at radius 1 is 1.19 bits per heavy atom. The molecule has 0 aliphatic carbocycles. The number of para-hydroxylation sites is 1. The minimum absolute atomic E-state index is 0.120. The molecule has 1 aromatic carbocycles. The number of carbonyl (C=O) groups is 1. The average molecular weight is 391 g/mol. The lowest BCUT2D eigenvalue weighted by Gasteiger charge is -2.09. The lowest BCUT2D eigenvalue weighted by Crippen LogP contribution is -2.25. The van der Waals surface area contributed by atoms with Gasteiger partial charge in [0.05, 0.1) is 11.6 Å². The van der Waals surface area contributed by atoms with Crippen LogP contribution in [0.25, 0.3) is 10.9 Å². The van der Waals surface area contributed by atoms with Crippen molar-refractivity contribution in [3.8, 4) is 0 Å². The zero-order chi connectivity index (χ0) is 19.5. The van der Waals surface area contributed by atoms with Gasteiger partial charge in [-0.25, -0.2) is 4.98 Å². The fourth-order valence-electron chi connectivity index (χ4n) is 2.74. The number of amides is 1. The van der Waals surface area contributed by atoms with E-state index in [2.05, 4.69) is 20.6 Å². The fraction of sp³-hybridized carbons (Fsp3) is 0.550. The lowest BCUT2D eigenvalue weighted by molar-refractivity contribution is -0.121. The molecule has 0 atom stereocenters. The number of aromatic amines is 1. The largest absolute Gasteiger partial charge is 0.379 e. The number of ether oxygens (including phenoxy) is 1. The van der Waals surface area contributed by atoms with Crippen LogP contribution in [0.15, 0.2) is 24.3 Å². The molecule has 148 valence electrons. The number of fused-ring (bicyclic) bond motifs is 1. The van der Waals surface area contributed by atoms with Crippen LogP contribution in [0.5, 0.6) is 0 Å². The van der Waals surface area contributed by atoms with E-state index in [1.54, 1.807) is 0 Å². The summed E-state index contributed by atoms with van der Waals surface area (Å²) in [5.41, 5.74) is 0.982. The van der Waals surface area contributed by atoms with Gasteiger partial charge in [0.25, 0.3) is 0 Å². The number of benzene rings is 1. The van der Waals surface area contributed by atoms with Crippen LogP contribution in [0.1, 0.15) is 46.0 Å². The van der Waals surface area contributed by atoms with Crippen molar-refractivity contribution in [2.45, 2.75) is 52.1 Å². The maximum atomic E-state index is 11.8. The number of H-pyrrole nitrogens is 1. The van der Waals surface area contributed by atoms with Crippen molar-refractivity contribution in [3.05, 3.63) is 29.0 Å². The molecular weight excluding hydrogens is 360 g/mol. The van der Waals surface area contributed by atoms with E-state index in [-0.39, 0.29) is 12.0 Å². The van der Waals surface area contributed by atoms with Crippen molar-refractivity contribution in [2.24, 2.45) is 0 Å². The maximum Gasteiger partial charge on any atom is 0.219 e. The van der Waals surface area contributed by atoms with Crippen LogP contribution in [0.4, 0.5) is 5.82 Å². The molecule has 7 heteroatoms. The Kier molecular flexibility index (Phi) is 9.21. The van der Waals surface area contributed by atoms with Crippen molar-refractivity contribution >= 4 is 34.8 Å². The second kappa shape index (κ2) is 11.7. The van der Waals surface area contributed by atoms with Crippen LogP contribution >= 0.6 is 12.2 Å². The number of nitrogens with one attached hydrogen (secondary N) is 3. The highest BCUT2D eigenvalue weighted by Gasteiger charge is 2.04. The fourth-order valence-corrected chi connectivity index (χ4v) is 2.94. The zero-order valence-electron chi connectivity index (χ0n) is 16.2. The Hall–Kier alpha value is -1.99. The van der Waals surface area contributed by atoms with Crippen LogP contribution in [0.3, 0.4) is 0 Å². The number of anilines is 1. The monoisotopic (exact) mass is 390 g/mol. The first-order valence-corrected chi connectivity index (χ1v) is 10.1. The van der Waals surface area contributed by atoms with Gasteiger partial charge in [0.2, 0.25) is 5.91 Å². The molecule has 6 nitrogen and oxygen atoms in total. The van der Waals surface area contributed by atoms with E-state index >= 15 is 0 Å². The Labute approximate surface area is 166 Å². The standard InChI is InChI=1S/C20H30N4O2S/c1-15(2)26-14-8-13-21-18(25)11-4-3-7-12-22-19-16-9-5-6-10-17(16)23-20(27)24-19/h5-6,9-10,15H,3-4,7-8,11-14H2,1-2H3,(H,21,25)(H2,22,23,24,27). The van der Waals surface area contributed by atoms with Crippen molar-refractivity contribution in [2.75, 3.05) is 25.0 Å². The summed E-state index contributed by atoms with van der Waals surface area (Å²) in [4.78, 5) is 19.3. The number of hydrogen-bond donors (Lipinski definition) is 3. The van der Waals surface area contributed by atoms with Crippen LogP contribution < -0.4 is 10.6 Å². The first kappa shape index (κ1) is 21.3. The number of aromatic nitrogens is 2. The molecule has 3 N–H and O–H groups in total. The van der Waals surface area contributed by atoms with E-state index < -0.39 is 0 Å². The number of carbonyl (C=O) groups excluding carboxylic acids is 1. The molecule has 27 heavy (non-hydrogen) atoms. The second-order valence-corrected chi connectivity index (χ2v) is 7.18. The number of hydrogen-bond acceptors (Lipinski definition) is 5. The highest BCUT2D eigenvalue weighted by atomic mass is 32.1. The van der Waals surface area contributed by atoms with Crippen molar-refractivity contribution < 1.29 is 9.53 Å². The third-order valence-corrected chi connectivity index (χ3v) is 4.30. The molecule has 0 radical (unpaired) electrons. The van der Waals surface area contributed by atoms with Gasteiger partial charge in [-0.3, -0.25) is 4.79 Å². The third-order valence-electron chi connectivity index (χ3n) is 4.10. The van der Waals surface area contributed by atoms with Gasteiger partial charge in [-0.1, -0.05) is 18.6 Å². The molecule has 2 rings (SSSR count). The zero-order valence-corrected chi connectivity index (χ0v) is 17.0. The molecule has 0 unspecified atom stereocenters. The van der Waals surface area contributed by atoms with E-state index in [4.69, 9.17) is 17.0 Å². The molecule has 0 fully saturated rings. The van der Waals surface area contributed by atoms with Gasteiger partial charge in [-0.2, -0.15) is 0 Å². The van der Waals surface area contributed by atoms with Gasteiger partial charge >= 0.3 is 0 Å². The summed E-state index contributed by atoms with van der Waals surface area (Å²) in [6.45, 7) is 6.20. The van der Waals surface area contributed by atoms with Crippen LogP contribution in [0.2, 0.25) is 0 Å². The Balaban J connectivity index is 1.59. The molecule has 0 aliphatic heterocycles. The summed E-state index contributed by atoms with van der Waals surface area (Å²) < 4.78 is 5.93. The predicted octanol–water partition coefficient (Wildman–Crippen LogP) is 4.20. The topological polar surface area (TPSA) is 79.0 Å². The van der Waals surface area contributed by atoms with Crippen LogP contribution in [0, 0.1) is 4.77 Å². The normalized spacial score (nSPS) is 11.1. The minimum Gasteiger partial charge on any atom is -0.379 e. The number of unbranched alkanes of at least 4 members (excludes halogenated alkanes) is 2. The summed E-state index contributed by atoms with van der Waals surface area (Å²) >= 11 is 5.18. The molecule has 0 aliphatic rings. The highest BCUT2D eigenvalue weighted by molar-refractivity contribution is 7.71. The molecule has 0 spiro atoms. The first-order chi connectivity index (χ1) is 13.1. The Bertz CT molecular complexity index is 776. The van der Waals surface area contributed by atoms with Crippen molar-refractivity contribution in [3.63, 3.8) is 0 Å². The maximum absolute atomic E-state index is 11.8. The van der Waals surface area contributed by atoms with Crippen LogP contribution in [-0.4, -0.2) is 41.7 Å². The molecule has 0 bridgehead atoms. The lowest BCUT2D eigenvalue weighted by atomic mass is 10.2. The summed E-state index contributed by atoms with van der Waals surface area (Å²) in [6, 6.07) is 7.97. The van der Waals surface area contributed by atoms with Gasteiger partial charge in [0.15, 0.2) is 4.77 Å². The van der Waals surface area contributed by atoms with Crippen LogP contribution in [-0.2, 0) is 9.53 Å². The summed E-state index contributed by atoms with van der Waals surface area (Å²) in [5, 5.41) is 7.34. The quantitative estimate of drug-likeness (QED) is 0.374. The van der Waals surface area contributed by atoms with Gasteiger partial charge in [0, 0.05) is 31.5 Å². The van der Waals surface area contributed by atoms with Gasteiger partial charge < -0.3 is 20.4 Å². The summed E-state index contributed by atoms with van der Waals surface area (Å²) in [6.07, 6.45) is 4.54. The van der Waals surface area contributed by atoms with E-state index in [1.807, 2.05) is 38.1 Å². The number of nitrogens with zero attached hydrogens (tertiary/aromatic N) is 1. The Morgan fingerprint density at radius 3 is 2.81 bits per heavy atom. The van der Waals surface area contributed by atoms with E-state index in [0.717, 1.165) is 48.9 Å². The van der Waals surface area contributed by atoms with Gasteiger partial charge in [-0.15, -0.1) is 0 Å². The Morgan fingerprint density at radius 2 is 2.00 bits per heavy atom. The summed E-state index contributed by atoms with van der Waals surface area (Å²) in [5.74, 6) is 0.935. The number of rotatable bonds is 12. The van der Waals surface area contributed by atoms with E-state index in [0.29, 0.717) is 24.3 Å². The first-order valence-electron chi connectivity index (χ1n) is 9.67. The molecule has 0 saturated heterocycles. The highest BCUT2D eigenvalue weighted by Crippen LogP contribution is 2.19. The molecule has 1 heterocycles. The average Bonchev–Trinajstić information content (AvgIpc) is 2.63. The summed E-state index contributed by atoms with van der Waals surface area (Å²) in [7, 11) is 0. The molecule has 2 aromatic rings. The molecule has 1 aromatic heterocycles. The molecular formula is C20H30N4O2S. The molecule has 0 saturated carbocycles. The van der Waals surface area contributed by atoms with Crippen molar-refractivity contribution in [1.29, 1.82) is 0 Å². The minimum atomic E-state index is 0.120. The van der Waals surface area contributed by atoms with E-state index in [9.17, 15) is 4.79 Å². The predicted molar refractivity (Wildman–Crippen MR) is 113 cm³/mol. The van der Waals surface area contributed by atoms with Crippen molar-refractivity contribution in [1.82, 2.24) is 15.3 Å². The van der Waals surface area contributed by atoms with E-state index in [1.165, 1.54) is 0 Å². The third kappa shape index (κ3) is 8.05. The second-order valence-electron chi connectivity index (χ2n) is 6.80.